The summed E-state index contributed by atoms with van der Waals surface area (Å²) in [7, 11) is 1.89. The number of aryl methyl sites for hydroxylation is 2. The van der Waals surface area contributed by atoms with Crippen molar-refractivity contribution in [1.29, 1.82) is 0 Å². The van der Waals surface area contributed by atoms with Crippen molar-refractivity contribution >= 4 is 11.6 Å². The first kappa shape index (κ1) is 16.0. The fraction of sp³-hybridized carbons (Fsp3) is 0.438. The summed E-state index contributed by atoms with van der Waals surface area (Å²) in [6, 6.07) is 9.87. The second kappa shape index (κ2) is 7.07. The van der Waals surface area contributed by atoms with Crippen LogP contribution in [-0.4, -0.2) is 22.4 Å². The van der Waals surface area contributed by atoms with E-state index in [1.807, 2.05) is 51.2 Å². The van der Waals surface area contributed by atoms with Gasteiger partial charge in [-0.2, -0.15) is 5.10 Å². The molecule has 0 amide bonds. The molecule has 1 aromatic carbocycles. The Morgan fingerprint density at radius 3 is 2.52 bits per heavy atom. The Morgan fingerprint density at radius 1 is 1.33 bits per heavy atom. The van der Waals surface area contributed by atoms with Crippen molar-refractivity contribution in [3.8, 4) is 0 Å². The van der Waals surface area contributed by atoms with Crippen molar-refractivity contribution in [1.82, 2.24) is 9.78 Å². The van der Waals surface area contributed by atoms with Crippen molar-refractivity contribution in [2.24, 2.45) is 12.8 Å². The van der Waals surface area contributed by atoms with E-state index in [9.17, 15) is 0 Å². The van der Waals surface area contributed by atoms with E-state index in [2.05, 4.69) is 5.10 Å². The summed E-state index contributed by atoms with van der Waals surface area (Å²) in [5, 5.41) is 5.02. The number of hydrogen-bond acceptors (Lipinski definition) is 3. The lowest BCUT2D eigenvalue weighted by atomic mass is 9.98. The van der Waals surface area contributed by atoms with Gasteiger partial charge < -0.3 is 10.5 Å². The Bertz CT molecular complexity index is 583. The number of hydrogen-bond donors (Lipinski definition) is 1. The number of benzene rings is 1. The van der Waals surface area contributed by atoms with Crippen LogP contribution in [0.5, 0.6) is 0 Å². The summed E-state index contributed by atoms with van der Waals surface area (Å²) >= 11 is 6.31. The first-order valence-corrected chi connectivity index (χ1v) is 7.52. The molecule has 0 aliphatic heterocycles. The van der Waals surface area contributed by atoms with Crippen LogP contribution in [0.25, 0.3) is 0 Å². The Balaban J connectivity index is 2.21. The number of nitrogens with two attached hydrogens (primary N) is 1. The molecule has 2 aromatic rings. The highest BCUT2D eigenvalue weighted by Gasteiger charge is 2.23. The zero-order valence-electron chi connectivity index (χ0n) is 12.7. The van der Waals surface area contributed by atoms with Crippen molar-refractivity contribution in [3.63, 3.8) is 0 Å². The monoisotopic (exact) mass is 307 g/mol. The smallest absolute Gasteiger partial charge is 0.0979 e. The van der Waals surface area contributed by atoms with Gasteiger partial charge in [0.05, 0.1) is 22.5 Å². The molecule has 0 bridgehead atoms. The van der Waals surface area contributed by atoms with Crippen LogP contribution in [0, 0.1) is 6.92 Å². The predicted octanol–water partition coefficient (Wildman–Crippen LogP) is 3.03. The highest BCUT2D eigenvalue weighted by Crippen LogP contribution is 2.26. The maximum atomic E-state index is 6.39. The van der Waals surface area contributed by atoms with Gasteiger partial charge in [-0.25, -0.2) is 0 Å². The zero-order chi connectivity index (χ0) is 15.4. The van der Waals surface area contributed by atoms with E-state index in [1.165, 1.54) is 0 Å². The summed E-state index contributed by atoms with van der Waals surface area (Å²) in [6.45, 7) is 4.49. The summed E-state index contributed by atoms with van der Waals surface area (Å²) in [5.41, 5.74) is 9.25. The second-order valence-corrected chi connectivity index (χ2v) is 5.50. The molecule has 0 aliphatic rings. The maximum absolute atomic E-state index is 6.39. The minimum atomic E-state index is -0.181. The molecular formula is C16H22ClN3O. The van der Waals surface area contributed by atoms with Crippen molar-refractivity contribution < 1.29 is 4.74 Å². The molecule has 2 N–H and O–H groups in total. The summed E-state index contributed by atoms with van der Waals surface area (Å²) in [6.07, 6.45) is 0.470. The molecule has 0 aliphatic carbocycles. The predicted molar refractivity (Wildman–Crippen MR) is 85.4 cm³/mol. The zero-order valence-corrected chi connectivity index (χ0v) is 13.5. The maximum Gasteiger partial charge on any atom is 0.0979 e. The van der Waals surface area contributed by atoms with Crippen LogP contribution in [0.4, 0.5) is 0 Å². The average Bonchev–Trinajstić information content (AvgIpc) is 2.72. The van der Waals surface area contributed by atoms with Gasteiger partial charge in [0.25, 0.3) is 0 Å². The summed E-state index contributed by atoms with van der Waals surface area (Å²) in [5.74, 6) is 0. The molecule has 0 fully saturated rings. The highest BCUT2D eigenvalue weighted by molar-refractivity contribution is 6.31. The van der Waals surface area contributed by atoms with Crippen molar-refractivity contribution in [2.75, 3.05) is 6.61 Å². The van der Waals surface area contributed by atoms with E-state index in [4.69, 9.17) is 22.1 Å². The van der Waals surface area contributed by atoms with Gasteiger partial charge in [-0.3, -0.25) is 4.68 Å². The van der Waals surface area contributed by atoms with Crippen LogP contribution >= 0.6 is 11.6 Å². The number of halogens is 1. The third-order valence-electron chi connectivity index (χ3n) is 3.55. The van der Waals surface area contributed by atoms with Gasteiger partial charge in [-0.15, -0.1) is 0 Å². The van der Waals surface area contributed by atoms with E-state index in [0.29, 0.717) is 18.1 Å². The lowest BCUT2D eigenvalue weighted by molar-refractivity contribution is 0.0429. The van der Waals surface area contributed by atoms with Gasteiger partial charge in [-0.05, 0) is 19.4 Å². The van der Waals surface area contributed by atoms with Crippen LogP contribution in [-0.2, 0) is 18.2 Å². The normalized spacial score (nSPS) is 14.1. The fourth-order valence-electron chi connectivity index (χ4n) is 2.52. The molecule has 114 valence electrons. The lowest BCUT2D eigenvalue weighted by Gasteiger charge is -2.24. The molecule has 1 heterocycles. The van der Waals surface area contributed by atoms with Crippen LogP contribution in [0.15, 0.2) is 30.3 Å². The van der Waals surface area contributed by atoms with E-state index < -0.39 is 0 Å². The Labute approximate surface area is 130 Å². The molecule has 21 heavy (non-hydrogen) atoms. The van der Waals surface area contributed by atoms with Crippen LogP contribution in [0.2, 0.25) is 5.02 Å². The molecule has 2 atom stereocenters. The molecule has 2 rings (SSSR count). The van der Waals surface area contributed by atoms with Crippen LogP contribution < -0.4 is 5.73 Å². The van der Waals surface area contributed by atoms with E-state index in [-0.39, 0.29) is 12.1 Å². The largest absolute Gasteiger partial charge is 0.372 e. The number of nitrogens with zero attached hydrogens (tertiary/aromatic N) is 2. The van der Waals surface area contributed by atoms with Crippen LogP contribution in [0.1, 0.15) is 30.0 Å². The van der Waals surface area contributed by atoms with Gasteiger partial charge in [0.2, 0.25) is 0 Å². The number of rotatable bonds is 6. The topological polar surface area (TPSA) is 53.1 Å². The van der Waals surface area contributed by atoms with E-state index in [0.717, 1.165) is 17.0 Å². The molecule has 0 saturated carbocycles. The molecule has 2 unspecified atom stereocenters. The number of aromatic nitrogens is 2. The Morgan fingerprint density at radius 2 is 2.00 bits per heavy atom. The fourth-order valence-corrected chi connectivity index (χ4v) is 2.76. The van der Waals surface area contributed by atoms with Crippen molar-refractivity contribution in [3.05, 3.63) is 52.3 Å². The van der Waals surface area contributed by atoms with E-state index >= 15 is 0 Å². The summed E-state index contributed by atoms with van der Waals surface area (Å²) in [4.78, 5) is 0. The minimum absolute atomic E-state index is 0.150. The average molecular weight is 308 g/mol. The van der Waals surface area contributed by atoms with Gasteiger partial charge in [0.1, 0.15) is 0 Å². The SMILES string of the molecule is CCOC(c1ccccc1)C(N)Cc1c(Cl)c(C)nn1C. The van der Waals surface area contributed by atoms with E-state index in [1.54, 1.807) is 4.68 Å². The third-order valence-corrected chi connectivity index (χ3v) is 4.05. The molecule has 1 aromatic heterocycles. The van der Waals surface area contributed by atoms with Crippen LogP contribution in [0.3, 0.4) is 0 Å². The van der Waals surface area contributed by atoms with Crippen molar-refractivity contribution in [2.45, 2.75) is 32.4 Å². The lowest BCUT2D eigenvalue weighted by Crippen LogP contribution is -2.33. The first-order chi connectivity index (χ1) is 10.0. The standard InChI is InChI=1S/C16H22ClN3O/c1-4-21-16(12-8-6-5-7-9-12)13(18)10-14-15(17)11(2)19-20(14)3/h5-9,13,16H,4,10,18H2,1-3H3. The Kier molecular flexibility index (Phi) is 5.39. The molecule has 0 saturated heterocycles. The van der Waals surface area contributed by atoms with Gasteiger partial charge in [0.15, 0.2) is 0 Å². The number of ether oxygens (including phenoxy) is 1. The Hall–Kier alpha value is -1.36. The third kappa shape index (κ3) is 3.64. The van der Waals surface area contributed by atoms with Gasteiger partial charge in [-0.1, -0.05) is 41.9 Å². The molecule has 0 spiro atoms. The minimum Gasteiger partial charge on any atom is -0.372 e. The first-order valence-electron chi connectivity index (χ1n) is 7.14. The molecule has 5 heteroatoms. The molecule has 0 radical (unpaired) electrons. The second-order valence-electron chi connectivity index (χ2n) is 5.12. The van der Waals surface area contributed by atoms with Gasteiger partial charge >= 0.3 is 0 Å². The quantitative estimate of drug-likeness (QED) is 0.892. The summed E-state index contributed by atoms with van der Waals surface area (Å²) < 4.78 is 7.65. The molecule has 4 nitrogen and oxygen atoms in total. The highest BCUT2D eigenvalue weighted by atomic mass is 35.5. The van der Waals surface area contributed by atoms with Gasteiger partial charge in [0, 0.05) is 26.1 Å². The molecular weight excluding hydrogens is 286 g/mol.